The molecule has 1 heterocycles. The molecule has 1 atom stereocenters. The SMILES string of the molecule is CC1(C)C[C@H](c2ccc(N)cc2)CN1. The summed E-state index contributed by atoms with van der Waals surface area (Å²) in [5, 5.41) is 3.53. The van der Waals surface area contributed by atoms with Crippen LogP contribution >= 0.6 is 0 Å². The Morgan fingerprint density at radius 1 is 1.29 bits per heavy atom. The van der Waals surface area contributed by atoms with Crippen molar-refractivity contribution in [3.05, 3.63) is 29.8 Å². The van der Waals surface area contributed by atoms with Gasteiger partial charge in [0.2, 0.25) is 0 Å². The monoisotopic (exact) mass is 190 g/mol. The van der Waals surface area contributed by atoms with E-state index in [4.69, 9.17) is 5.73 Å². The van der Waals surface area contributed by atoms with E-state index in [1.165, 1.54) is 12.0 Å². The molecular weight excluding hydrogens is 172 g/mol. The van der Waals surface area contributed by atoms with Crippen molar-refractivity contribution in [1.29, 1.82) is 0 Å². The summed E-state index contributed by atoms with van der Waals surface area (Å²) in [7, 11) is 0. The Balaban J connectivity index is 2.14. The third kappa shape index (κ3) is 1.90. The minimum Gasteiger partial charge on any atom is -0.399 e. The molecule has 1 aliphatic rings. The van der Waals surface area contributed by atoms with Gasteiger partial charge in [-0.2, -0.15) is 0 Å². The molecule has 1 aromatic carbocycles. The lowest BCUT2D eigenvalue weighted by Crippen LogP contribution is -2.31. The van der Waals surface area contributed by atoms with Crippen molar-refractivity contribution in [3.8, 4) is 0 Å². The van der Waals surface area contributed by atoms with Crippen molar-refractivity contribution >= 4 is 5.69 Å². The predicted octanol–water partition coefficient (Wildman–Crippen LogP) is 2.12. The minimum atomic E-state index is 0.284. The molecule has 0 bridgehead atoms. The van der Waals surface area contributed by atoms with Crippen molar-refractivity contribution in [1.82, 2.24) is 5.32 Å². The van der Waals surface area contributed by atoms with Crippen LogP contribution in [0, 0.1) is 0 Å². The zero-order chi connectivity index (χ0) is 10.2. The van der Waals surface area contributed by atoms with E-state index in [1.807, 2.05) is 12.1 Å². The fourth-order valence-corrected chi connectivity index (χ4v) is 2.16. The standard InChI is InChI=1S/C12H18N2/c1-12(2)7-10(8-14-12)9-3-5-11(13)6-4-9/h3-6,10,14H,7-8,13H2,1-2H3/t10-/m0/s1. The Morgan fingerprint density at radius 2 is 1.93 bits per heavy atom. The fraction of sp³-hybridized carbons (Fsp3) is 0.500. The highest BCUT2D eigenvalue weighted by atomic mass is 15.0. The van der Waals surface area contributed by atoms with Crippen molar-refractivity contribution in [2.24, 2.45) is 0 Å². The third-order valence-corrected chi connectivity index (χ3v) is 2.99. The molecule has 1 aromatic rings. The predicted molar refractivity (Wildman–Crippen MR) is 60.3 cm³/mol. The highest BCUT2D eigenvalue weighted by Gasteiger charge is 2.30. The maximum absolute atomic E-state index is 5.66. The van der Waals surface area contributed by atoms with Crippen molar-refractivity contribution in [3.63, 3.8) is 0 Å². The van der Waals surface area contributed by atoms with Crippen LogP contribution in [-0.2, 0) is 0 Å². The number of anilines is 1. The van der Waals surface area contributed by atoms with Gasteiger partial charge in [0, 0.05) is 17.8 Å². The normalized spacial score (nSPS) is 25.1. The van der Waals surface area contributed by atoms with Crippen LogP contribution in [0.2, 0.25) is 0 Å². The number of nitrogens with two attached hydrogens (primary N) is 1. The van der Waals surface area contributed by atoms with Gasteiger partial charge < -0.3 is 11.1 Å². The Hall–Kier alpha value is -1.02. The summed E-state index contributed by atoms with van der Waals surface area (Å²) in [6.45, 7) is 5.59. The topological polar surface area (TPSA) is 38.0 Å². The molecule has 0 radical (unpaired) electrons. The molecular formula is C12H18N2. The largest absolute Gasteiger partial charge is 0.399 e. The average molecular weight is 190 g/mol. The van der Waals surface area contributed by atoms with E-state index in [9.17, 15) is 0 Å². The van der Waals surface area contributed by atoms with E-state index in [0.717, 1.165) is 12.2 Å². The molecule has 76 valence electrons. The van der Waals surface area contributed by atoms with Gasteiger partial charge in [-0.25, -0.2) is 0 Å². The molecule has 0 unspecified atom stereocenters. The molecule has 1 aliphatic heterocycles. The van der Waals surface area contributed by atoms with Gasteiger partial charge in [0.15, 0.2) is 0 Å². The van der Waals surface area contributed by atoms with Crippen LogP contribution in [0.5, 0.6) is 0 Å². The number of hydrogen-bond donors (Lipinski definition) is 2. The van der Waals surface area contributed by atoms with Crippen molar-refractivity contribution in [2.75, 3.05) is 12.3 Å². The number of rotatable bonds is 1. The Morgan fingerprint density at radius 3 is 2.43 bits per heavy atom. The van der Waals surface area contributed by atoms with Gasteiger partial charge in [-0.3, -0.25) is 0 Å². The minimum absolute atomic E-state index is 0.284. The van der Waals surface area contributed by atoms with E-state index in [1.54, 1.807) is 0 Å². The fourth-order valence-electron chi connectivity index (χ4n) is 2.16. The van der Waals surface area contributed by atoms with Crippen LogP contribution in [0.4, 0.5) is 5.69 Å². The molecule has 2 heteroatoms. The van der Waals surface area contributed by atoms with E-state index in [2.05, 4.69) is 31.3 Å². The van der Waals surface area contributed by atoms with Gasteiger partial charge in [0.05, 0.1) is 0 Å². The van der Waals surface area contributed by atoms with Crippen LogP contribution in [0.15, 0.2) is 24.3 Å². The first-order valence-corrected chi connectivity index (χ1v) is 5.17. The first kappa shape index (κ1) is 9.53. The third-order valence-electron chi connectivity index (χ3n) is 2.99. The van der Waals surface area contributed by atoms with Gasteiger partial charge in [-0.1, -0.05) is 12.1 Å². The Kier molecular flexibility index (Phi) is 2.23. The first-order chi connectivity index (χ1) is 6.57. The van der Waals surface area contributed by atoms with E-state index >= 15 is 0 Å². The summed E-state index contributed by atoms with van der Waals surface area (Å²) in [6.07, 6.45) is 1.21. The Bertz CT molecular complexity index is 314. The average Bonchev–Trinajstić information content (AvgIpc) is 2.47. The van der Waals surface area contributed by atoms with Crippen molar-refractivity contribution < 1.29 is 0 Å². The van der Waals surface area contributed by atoms with E-state index in [-0.39, 0.29) is 5.54 Å². The quantitative estimate of drug-likeness (QED) is 0.666. The zero-order valence-corrected chi connectivity index (χ0v) is 8.88. The summed E-state index contributed by atoms with van der Waals surface area (Å²) in [4.78, 5) is 0. The second-order valence-corrected chi connectivity index (χ2v) is 4.83. The molecule has 0 amide bonds. The summed E-state index contributed by atoms with van der Waals surface area (Å²) < 4.78 is 0. The molecule has 0 aliphatic carbocycles. The molecule has 0 aromatic heterocycles. The molecule has 1 saturated heterocycles. The van der Waals surface area contributed by atoms with Crippen LogP contribution in [0.1, 0.15) is 31.7 Å². The molecule has 3 N–H and O–H groups in total. The van der Waals surface area contributed by atoms with Crippen molar-refractivity contribution in [2.45, 2.75) is 31.7 Å². The lowest BCUT2D eigenvalue weighted by Gasteiger charge is -2.17. The van der Waals surface area contributed by atoms with Crippen LogP contribution in [-0.4, -0.2) is 12.1 Å². The van der Waals surface area contributed by atoms with Gasteiger partial charge in [0.25, 0.3) is 0 Å². The second kappa shape index (κ2) is 3.28. The smallest absolute Gasteiger partial charge is 0.0314 e. The molecule has 0 saturated carbocycles. The molecule has 14 heavy (non-hydrogen) atoms. The van der Waals surface area contributed by atoms with Crippen LogP contribution < -0.4 is 11.1 Å². The van der Waals surface area contributed by atoms with Crippen LogP contribution in [0.25, 0.3) is 0 Å². The Labute approximate surface area is 85.5 Å². The summed E-state index contributed by atoms with van der Waals surface area (Å²) in [6, 6.07) is 8.26. The van der Waals surface area contributed by atoms with Gasteiger partial charge in [-0.15, -0.1) is 0 Å². The van der Waals surface area contributed by atoms with Crippen LogP contribution in [0.3, 0.4) is 0 Å². The van der Waals surface area contributed by atoms with Gasteiger partial charge in [0.1, 0.15) is 0 Å². The van der Waals surface area contributed by atoms with E-state index < -0.39 is 0 Å². The highest BCUT2D eigenvalue weighted by Crippen LogP contribution is 2.31. The lowest BCUT2D eigenvalue weighted by molar-refractivity contribution is 0.456. The number of benzene rings is 1. The number of nitrogen functional groups attached to an aromatic ring is 1. The zero-order valence-electron chi connectivity index (χ0n) is 8.88. The number of hydrogen-bond acceptors (Lipinski definition) is 2. The first-order valence-electron chi connectivity index (χ1n) is 5.17. The molecule has 2 nitrogen and oxygen atoms in total. The van der Waals surface area contributed by atoms with Gasteiger partial charge in [-0.05, 0) is 43.9 Å². The number of nitrogens with one attached hydrogen (secondary N) is 1. The maximum Gasteiger partial charge on any atom is 0.0314 e. The van der Waals surface area contributed by atoms with E-state index in [0.29, 0.717) is 5.92 Å². The maximum atomic E-state index is 5.66. The summed E-state index contributed by atoms with van der Waals surface area (Å²) in [5.74, 6) is 0.644. The molecule has 1 fully saturated rings. The molecule has 2 rings (SSSR count). The summed E-state index contributed by atoms with van der Waals surface area (Å²) in [5.41, 5.74) is 8.19. The second-order valence-electron chi connectivity index (χ2n) is 4.83. The highest BCUT2D eigenvalue weighted by molar-refractivity contribution is 5.40. The lowest BCUT2D eigenvalue weighted by atomic mass is 9.91. The summed E-state index contributed by atoms with van der Waals surface area (Å²) >= 11 is 0. The molecule has 0 spiro atoms. The van der Waals surface area contributed by atoms with Gasteiger partial charge >= 0.3 is 0 Å².